The fourth-order valence-electron chi connectivity index (χ4n) is 1.79. The summed E-state index contributed by atoms with van der Waals surface area (Å²) in [5.74, 6) is 0.713. The van der Waals surface area contributed by atoms with Crippen LogP contribution in [0, 0.1) is 0 Å². The molecule has 1 heterocycles. The number of para-hydroxylation sites is 1. The Morgan fingerprint density at radius 2 is 1.79 bits per heavy atom. The molecule has 1 aromatic carbocycles. The van der Waals surface area contributed by atoms with Crippen LogP contribution in [0.3, 0.4) is 0 Å². The van der Waals surface area contributed by atoms with Gasteiger partial charge in [-0.15, -0.1) is 0 Å². The lowest BCUT2D eigenvalue weighted by Crippen LogP contribution is -2.16. The van der Waals surface area contributed by atoms with Crippen LogP contribution < -0.4 is 10.2 Å². The summed E-state index contributed by atoms with van der Waals surface area (Å²) in [6.07, 6.45) is 4.89. The Kier molecular flexibility index (Phi) is 4.86. The minimum Gasteiger partial charge on any atom is -0.314 e. The number of nitrogens with zero attached hydrogens (tertiary/aromatic N) is 3. The van der Waals surface area contributed by atoms with Crippen LogP contribution >= 0.6 is 0 Å². The van der Waals surface area contributed by atoms with Gasteiger partial charge in [-0.2, -0.15) is 0 Å². The first-order chi connectivity index (χ1) is 9.31. The highest BCUT2D eigenvalue weighted by molar-refractivity contribution is 5.55. The molecule has 2 rings (SSSR count). The van der Waals surface area contributed by atoms with E-state index in [2.05, 4.69) is 22.2 Å². The summed E-state index contributed by atoms with van der Waals surface area (Å²) in [4.78, 5) is 10.8. The fourth-order valence-corrected chi connectivity index (χ4v) is 1.79. The molecule has 0 atom stereocenters. The van der Waals surface area contributed by atoms with Gasteiger partial charge >= 0.3 is 0 Å². The van der Waals surface area contributed by atoms with Crippen molar-refractivity contribution >= 4 is 11.6 Å². The smallest absolute Gasteiger partial charge is 0.229 e. The van der Waals surface area contributed by atoms with Gasteiger partial charge in [-0.25, -0.2) is 9.97 Å². The second-order valence-electron chi connectivity index (χ2n) is 4.46. The number of benzene rings is 1. The van der Waals surface area contributed by atoms with Gasteiger partial charge in [-0.1, -0.05) is 25.1 Å². The summed E-state index contributed by atoms with van der Waals surface area (Å²) in [5, 5.41) is 3.34. The van der Waals surface area contributed by atoms with E-state index in [0.717, 1.165) is 30.8 Å². The molecule has 1 N–H and O–H groups in total. The minimum atomic E-state index is 0.713. The highest BCUT2D eigenvalue weighted by Crippen LogP contribution is 2.18. The molecule has 2 aromatic rings. The van der Waals surface area contributed by atoms with Gasteiger partial charge in [0.15, 0.2) is 0 Å². The molecular formula is C15H20N4. The lowest BCUT2D eigenvalue weighted by molar-refractivity contribution is 0.672. The SMILES string of the molecule is CCCNCc1cnc(N(C)c2ccccc2)nc1. The third kappa shape index (κ3) is 3.76. The van der Waals surface area contributed by atoms with Crippen molar-refractivity contribution in [2.75, 3.05) is 18.5 Å². The van der Waals surface area contributed by atoms with E-state index in [1.165, 1.54) is 0 Å². The van der Waals surface area contributed by atoms with Crippen LogP contribution in [0.25, 0.3) is 0 Å². The van der Waals surface area contributed by atoms with E-state index in [4.69, 9.17) is 0 Å². The van der Waals surface area contributed by atoms with Gasteiger partial charge in [0.05, 0.1) is 0 Å². The first-order valence-electron chi connectivity index (χ1n) is 6.61. The average molecular weight is 256 g/mol. The van der Waals surface area contributed by atoms with E-state index >= 15 is 0 Å². The van der Waals surface area contributed by atoms with Crippen LogP contribution in [0.2, 0.25) is 0 Å². The zero-order chi connectivity index (χ0) is 13.5. The van der Waals surface area contributed by atoms with Gasteiger partial charge in [0.2, 0.25) is 5.95 Å². The molecule has 100 valence electrons. The van der Waals surface area contributed by atoms with Crippen molar-refractivity contribution in [1.82, 2.24) is 15.3 Å². The molecule has 4 nitrogen and oxygen atoms in total. The highest BCUT2D eigenvalue weighted by Gasteiger charge is 2.05. The zero-order valence-electron chi connectivity index (χ0n) is 11.5. The van der Waals surface area contributed by atoms with Crippen LogP contribution in [-0.2, 0) is 6.54 Å². The van der Waals surface area contributed by atoms with Crippen LogP contribution in [-0.4, -0.2) is 23.6 Å². The highest BCUT2D eigenvalue weighted by atomic mass is 15.2. The number of rotatable bonds is 6. The Balaban J connectivity index is 2.02. The molecule has 0 amide bonds. The first-order valence-corrected chi connectivity index (χ1v) is 6.61. The lowest BCUT2D eigenvalue weighted by Gasteiger charge is -2.16. The maximum atomic E-state index is 4.41. The Hall–Kier alpha value is -1.94. The van der Waals surface area contributed by atoms with E-state index in [1.807, 2.05) is 54.7 Å². The van der Waals surface area contributed by atoms with E-state index in [1.54, 1.807) is 0 Å². The quantitative estimate of drug-likeness (QED) is 0.807. The molecule has 0 bridgehead atoms. The van der Waals surface area contributed by atoms with Gasteiger partial charge in [0.25, 0.3) is 0 Å². The molecule has 0 aliphatic heterocycles. The van der Waals surface area contributed by atoms with E-state index in [0.29, 0.717) is 5.95 Å². The number of anilines is 2. The summed E-state index contributed by atoms with van der Waals surface area (Å²) in [6.45, 7) is 4.00. The molecule has 19 heavy (non-hydrogen) atoms. The second kappa shape index (κ2) is 6.85. The Morgan fingerprint density at radius 3 is 2.42 bits per heavy atom. The Morgan fingerprint density at radius 1 is 1.11 bits per heavy atom. The predicted octanol–water partition coefficient (Wildman–Crippen LogP) is 2.74. The molecule has 0 saturated carbocycles. The molecule has 0 saturated heterocycles. The predicted molar refractivity (Wildman–Crippen MR) is 78.5 cm³/mol. The molecular weight excluding hydrogens is 236 g/mol. The molecule has 0 aliphatic carbocycles. The third-order valence-corrected chi connectivity index (χ3v) is 2.89. The van der Waals surface area contributed by atoms with E-state index in [-0.39, 0.29) is 0 Å². The first kappa shape index (κ1) is 13.5. The maximum Gasteiger partial charge on any atom is 0.229 e. The summed E-state index contributed by atoms with van der Waals surface area (Å²) < 4.78 is 0. The topological polar surface area (TPSA) is 41.1 Å². The lowest BCUT2D eigenvalue weighted by atomic mass is 10.3. The van der Waals surface area contributed by atoms with Crippen LogP contribution in [0.1, 0.15) is 18.9 Å². The van der Waals surface area contributed by atoms with E-state index < -0.39 is 0 Å². The number of nitrogens with one attached hydrogen (secondary N) is 1. The largest absolute Gasteiger partial charge is 0.314 e. The van der Waals surface area contributed by atoms with Crippen LogP contribution in [0.15, 0.2) is 42.7 Å². The minimum absolute atomic E-state index is 0.713. The van der Waals surface area contributed by atoms with Crippen molar-refractivity contribution in [3.8, 4) is 0 Å². The summed E-state index contributed by atoms with van der Waals surface area (Å²) in [5.41, 5.74) is 2.19. The Labute approximate surface area is 114 Å². The normalized spacial score (nSPS) is 10.4. The monoisotopic (exact) mass is 256 g/mol. The van der Waals surface area contributed by atoms with Gasteiger partial charge < -0.3 is 10.2 Å². The van der Waals surface area contributed by atoms with Crippen molar-refractivity contribution < 1.29 is 0 Å². The molecule has 4 heteroatoms. The third-order valence-electron chi connectivity index (χ3n) is 2.89. The van der Waals surface area contributed by atoms with E-state index in [9.17, 15) is 0 Å². The van der Waals surface area contributed by atoms with Crippen molar-refractivity contribution in [3.63, 3.8) is 0 Å². The number of hydrogen-bond acceptors (Lipinski definition) is 4. The van der Waals surface area contributed by atoms with Crippen molar-refractivity contribution in [2.24, 2.45) is 0 Å². The van der Waals surface area contributed by atoms with Gasteiger partial charge in [-0.3, -0.25) is 0 Å². The molecule has 0 spiro atoms. The van der Waals surface area contributed by atoms with Gasteiger partial charge in [0.1, 0.15) is 0 Å². The van der Waals surface area contributed by atoms with Crippen molar-refractivity contribution in [2.45, 2.75) is 19.9 Å². The summed E-state index contributed by atoms with van der Waals surface area (Å²) >= 11 is 0. The molecule has 0 fully saturated rings. The molecule has 0 unspecified atom stereocenters. The summed E-state index contributed by atoms with van der Waals surface area (Å²) in [6, 6.07) is 10.1. The summed E-state index contributed by atoms with van der Waals surface area (Å²) in [7, 11) is 1.97. The number of hydrogen-bond donors (Lipinski definition) is 1. The molecule has 0 radical (unpaired) electrons. The Bertz CT molecular complexity index is 481. The van der Waals surface area contributed by atoms with Crippen molar-refractivity contribution in [1.29, 1.82) is 0 Å². The molecule has 0 aliphatic rings. The van der Waals surface area contributed by atoms with Gasteiger partial charge in [0, 0.05) is 37.2 Å². The van der Waals surface area contributed by atoms with Crippen LogP contribution in [0.5, 0.6) is 0 Å². The maximum absolute atomic E-state index is 4.41. The fraction of sp³-hybridized carbons (Fsp3) is 0.333. The molecule has 1 aromatic heterocycles. The number of aromatic nitrogens is 2. The standard InChI is InChI=1S/C15H20N4/c1-3-9-16-10-13-11-17-15(18-12-13)19(2)14-7-5-4-6-8-14/h4-8,11-12,16H,3,9-10H2,1-2H3. The van der Waals surface area contributed by atoms with Crippen LogP contribution in [0.4, 0.5) is 11.6 Å². The zero-order valence-corrected chi connectivity index (χ0v) is 11.5. The van der Waals surface area contributed by atoms with Gasteiger partial charge in [-0.05, 0) is 25.1 Å². The van der Waals surface area contributed by atoms with Crippen molar-refractivity contribution in [3.05, 3.63) is 48.3 Å². The average Bonchev–Trinajstić information content (AvgIpc) is 2.48. The second-order valence-corrected chi connectivity index (χ2v) is 4.46.